The molecule has 0 aromatic rings. The summed E-state index contributed by atoms with van der Waals surface area (Å²) in [6, 6.07) is 3.20. The van der Waals surface area contributed by atoms with Crippen LogP contribution < -0.4 is 0 Å². The number of hydrogen-bond acceptors (Lipinski definition) is 1. The molecule has 2 nitrogen and oxygen atoms in total. The Balaban J connectivity index is 1.94. The molecule has 2 heteroatoms. The molecule has 16 heavy (non-hydrogen) atoms. The number of nitrogens with zero attached hydrogens (tertiary/aromatic N) is 2. The van der Waals surface area contributed by atoms with E-state index in [4.69, 9.17) is 5.26 Å². The highest BCUT2D eigenvalue weighted by Gasteiger charge is 2.42. The molecule has 0 radical (unpaired) electrons. The Hall–Kier alpha value is -0.550. The van der Waals surface area contributed by atoms with Crippen molar-refractivity contribution in [3.8, 4) is 6.07 Å². The van der Waals surface area contributed by atoms with E-state index in [-0.39, 0.29) is 0 Å². The van der Waals surface area contributed by atoms with E-state index in [1.54, 1.807) is 0 Å². The van der Waals surface area contributed by atoms with Crippen LogP contribution in [-0.2, 0) is 0 Å². The third-order valence-corrected chi connectivity index (χ3v) is 4.87. The van der Waals surface area contributed by atoms with Gasteiger partial charge in [-0.25, -0.2) is 0 Å². The molecule has 2 heterocycles. The number of quaternary nitrogens is 1. The van der Waals surface area contributed by atoms with E-state index in [1.165, 1.54) is 56.1 Å². The van der Waals surface area contributed by atoms with Crippen LogP contribution in [0.2, 0.25) is 0 Å². The van der Waals surface area contributed by atoms with Crippen LogP contribution in [0.5, 0.6) is 0 Å². The third-order valence-electron chi connectivity index (χ3n) is 4.87. The summed E-state index contributed by atoms with van der Waals surface area (Å²) in [5, 5.41) is 8.62. The summed E-state index contributed by atoms with van der Waals surface area (Å²) in [4.78, 5) is 0. The molecule has 90 valence electrons. The number of unbranched alkanes of at least 4 members (excludes halogenated alkanes) is 1. The van der Waals surface area contributed by atoms with Crippen molar-refractivity contribution in [3.63, 3.8) is 0 Å². The molecule has 2 rings (SSSR count). The highest BCUT2D eigenvalue weighted by atomic mass is 15.4. The molecule has 0 aromatic carbocycles. The van der Waals surface area contributed by atoms with E-state index in [0.29, 0.717) is 0 Å². The molecule has 3 atom stereocenters. The molecule has 0 aromatic heterocycles. The highest BCUT2D eigenvalue weighted by Crippen LogP contribution is 2.38. The van der Waals surface area contributed by atoms with Gasteiger partial charge in [-0.05, 0) is 44.9 Å². The Labute approximate surface area is 99.8 Å². The van der Waals surface area contributed by atoms with Crippen LogP contribution in [0.3, 0.4) is 0 Å². The van der Waals surface area contributed by atoms with E-state index in [0.717, 1.165) is 24.8 Å². The Kier molecular flexibility index (Phi) is 3.86. The molecule has 2 fully saturated rings. The average molecular weight is 221 g/mol. The lowest BCUT2D eigenvalue weighted by Crippen LogP contribution is -2.60. The van der Waals surface area contributed by atoms with Crippen LogP contribution in [0, 0.1) is 17.2 Å². The van der Waals surface area contributed by atoms with Crippen LogP contribution in [-0.4, -0.2) is 30.7 Å². The van der Waals surface area contributed by atoms with Gasteiger partial charge in [0.15, 0.2) is 0 Å². The van der Waals surface area contributed by atoms with Gasteiger partial charge in [0.25, 0.3) is 0 Å². The van der Waals surface area contributed by atoms with Gasteiger partial charge in [0.05, 0.1) is 32.2 Å². The average Bonchev–Trinajstić information content (AvgIpc) is 2.29. The Morgan fingerprint density at radius 3 is 2.81 bits per heavy atom. The minimum Gasteiger partial charge on any atom is -0.323 e. The summed E-state index contributed by atoms with van der Waals surface area (Å²) in [6.45, 7) is 2.80. The Bertz CT molecular complexity index is 264. The fourth-order valence-electron chi connectivity index (χ4n) is 4.01. The first-order valence-electron chi connectivity index (χ1n) is 6.97. The number of piperidine rings is 2. The van der Waals surface area contributed by atoms with Crippen molar-refractivity contribution in [3.05, 3.63) is 0 Å². The van der Waals surface area contributed by atoms with E-state index in [2.05, 4.69) is 13.1 Å². The van der Waals surface area contributed by atoms with Gasteiger partial charge < -0.3 is 4.48 Å². The van der Waals surface area contributed by atoms with E-state index in [1.807, 2.05) is 0 Å². The van der Waals surface area contributed by atoms with Gasteiger partial charge >= 0.3 is 0 Å². The number of nitriles is 1. The van der Waals surface area contributed by atoms with Crippen molar-refractivity contribution in [2.45, 2.75) is 57.4 Å². The molecule has 0 saturated carbocycles. The molecule has 0 amide bonds. The lowest BCUT2D eigenvalue weighted by molar-refractivity contribution is -0.947. The first-order valence-corrected chi connectivity index (χ1v) is 6.97. The van der Waals surface area contributed by atoms with Crippen molar-refractivity contribution in [2.75, 3.05) is 20.1 Å². The zero-order valence-corrected chi connectivity index (χ0v) is 10.6. The highest BCUT2D eigenvalue weighted by molar-refractivity contribution is 4.80. The smallest absolute Gasteiger partial charge is 0.0916 e. The van der Waals surface area contributed by atoms with Crippen LogP contribution in [0.1, 0.15) is 51.4 Å². The predicted molar refractivity (Wildman–Crippen MR) is 65.7 cm³/mol. The van der Waals surface area contributed by atoms with Crippen molar-refractivity contribution < 1.29 is 4.48 Å². The van der Waals surface area contributed by atoms with Gasteiger partial charge in [0.2, 0.25) is 0 Å². The Morgan fingerprint density at radius 2 is 2.00 bits per heavy atom. The summed E-state index contributed by atoms with van der Waals surface area (Å²) >= 11 is 0. The monoisotopic (exact) mass is 221 g/mol. The van der Waals surface area contributed by atoms with Crippen LogP contribution in [0.4, 0.5) is 0 Å². The topological polar surface area (TPSA) is 23.8 Å². The Morgan fingerprint density at radius 1 is 1.19 bits per heavy atom. The second-order valence-electron chi connectivity index (χ2n) is 5.94. The normalized spacial score (nSPS) is 38.8. The number of hydrogen-bond donors (Lipinski definition) is 0. The van der Waals surface area contributed by atoms with Gasteiger partial charge in [-0.2, -0.15) is 5.26 Å². The molecule has 0 bridgehead atoms. The molecule has 2 saturated heterocycles. The first-order chi connectivity index (χ1) is 7.76. The van der Waals surface area contributed by atoms with Crippen molar-refractivity contribution in [2.24, 2.45) is 5.92 Å². The molecular weight excluding hydrogens is 196 g/mol. The van der Waals surface area contributed by atoms with Gasteiger partial charge in [-0.3, -0.25) is 0 Å². The molecule has 0 unspecified atom stereocenters. The minimum atomic E-state index is 0.757. The first kappa shape index (κ1) is 11.9. The van der Waals surface area contributed by atoms with E-state index < -0.39 is 0 Å². The standard InChI is InChI=1S/C14H25N2/c1-16-11-5-3-9-14(16)13(8-6-12-16)7-2-4-10-15/h13-14H,2-9,11-12H2,1H3/q+1/t13-,14-,16+/m0/s1. The van der Waals surface area contributed by atoms with E-state index in [9.17, 15) is 0 Å². The predicted octanol–water partition coefficient (Wildman–Crippen LogP) is 3.09. The summed E-state index contributed by atoms with van der Waals surface area (Å²) in [7, 11) is 2.47. The molecular formula is C14H25N2+. The fraction of sp³-hybridized carbons (Fsp3) is 0.929. The minimum absolute atomic E-state index is 0.757. The second kappa shape index (κ2) is 5.19. The number of fused-ring (bicyclic) bond motifs is 1. The second-order valence-corrected chi connectivity index (χ2v) is 5.94. The van der Waals surface area contributed by atoms with Gasteiger partial charge in [0, 0.05) is 12.3 Å². The molecule has 2 aliphatic heterocycles. The zero-order chi connectivity index (χ0) is 11.4. The molecule has 0 N–H and O–H groups in total. The third kappa shape index (κ3) is 2.40. The van der Waals surface area contributed by atoms with Crippen molar-refractivity contribution in [1.29, 1.82) is 5.26 Å². The summed E-state index contributed by atoms with van der Waals surface area (Å²) in [5.41, 5.74) is 0. The molecule has 0 spiro atoms. The van der Waals surface area contributed by atoms with E-state index >= 15 is 0 Å². The maximum absolute atomic E-state index is 8.62. The van der Waals surface area contributed by atoms with Gasteiger partial charge in [0.1, 0.15) is 0 Å². The number of rotatable bonds is 3. The largest absolute Gasteiger partial charge is 0.323 e. The van der Waals surface area contributed by atoms with Crippen molar-refractivity contribution >= 4 is 0 Å². The summed E-state index contributed by atoms with van der Waals surface area (Å²) in [5.74, 6) is 0.910. The lowest BCUT2D eigenvalue weighted by atomic mass is 9.79. The van der Waals surface area contributed by atoms with Crippen LogP contribution in [0.15, 0.2) is 0 Å². The SMILES string of the molecule is C[N@+]12CCCC[C@H]1[C@@H](CCCC#N)CCC2. The maximum Gasteiger partial charge on any atom is 0.0916 e. The summed E-state index contributed by atoms with van der Waals surface area (Å²) < 4.78 is 1.34. The fourth-order valence-corrected chi connectivity index (χ4v) is 4.01. The molecule has 0 aliphatic carbocycles. The molecule has 2 aliphatic rings. The van der Waals surface area contributed by atoms with Crippen LogP contribution >= 0.6 is 0 Å². The van der Waals surface area contributed by atoms with Crippen LogP contribution in [0.25, 0.3) is 0 Å². The summed E-state index contributed by atoms with van der Waals surface area (Å²) in [6.07, 6.45) is 10.3. The zero-order valence-electron chi connectivity index (χ0n) is 10.6. The van der Waals surface area contributed by atoms with Gasteiger partial charge in [-0.15, -0.1) is 0 Å². The lowest BCUT2D eigenvalue weighted by Gasteiger charge is -2.51. The van der Waals surface area contributed by atoms with Crippen molar-refractivity contribution in [1.82, 2.24) is 0 Å². The van der Waals surface area contributed by atoms with Gasteiger partial charge in [-0.1, -0.05) is 0 Å². The quantitative estimate of drug-likeness (QED) is 0.531. The maximum atomic E-state index is 8.62.